The van der Waals surface area contributed by atoms with E-state index >= 15 is 0 Å². The number of carbonyl (C=O) groups is 1. The molecule has 5 heteroatoms. The van der Waals surface area contributed by atoms with Crippen LogP contribution in [0.4, 0.5) is 0 Å². The molecule has 0 saturated heterocycles. The molecule has 2 unspecified atom stereocenters. The fourth-order valence-corrected chi connectivity index (χ4v) is 2.80. The number of ketones is 1. The highest BCUT2D eigenvalue weighted by Crippen LogP contribution is 2.29. The van der Waals surface area contributed by atoms with E-state index < -0.39 is 12.0 Å². The molecule has 1 aromatic carbocycles. The van der Waals surface area contributed by atoms with Gasteiger partial charge in [0.05, 0.1) is 11.1 Å². The monoisotopic (exact) mass is 411 g/mol. The molecule has 0 spiro atoms. The van der Waals surface area contributed by atoms with Crippen molar-refractivity contribution in [2.45, 2.75) is 33.8 Å². The average molecular weight is 412 g/mol. The number of rotatable bonds is 10. The number of halogens is 1. The smallest absolute Gasteiger partial charge is 0.194 e. The first-order valence-corrected chi connectivity index (χ1v) is 9.52. The zero-order chi connectivity index (χ0) is 22.0. The predicted octanol–water partition coefficient (Wildman–Crippen LogP) is 6.25. The number of carbonyl (C=O) groups excluding carboxylic acids is 1. The van der Waals surface area contributed by atoms with Crippen molar-refractivity contribution >= 4 is 17.4 Å². The molecule has 0 aromatic heterocycles. The van der Waals surface area contributed by atoms with Crippen LogP contribution in [-0.2, 0) is 9.53 Å². The first-order chi connectivity index (χ1) is 13.8. The van der Waals surface area contributed by atoms with E-state index in [9.17, 15) is 10.1 Å². The minimum Gasteiger partial charge on any atom is -0.479 e. The van der Waals surface area contributed by atoms with E-state index in [2.05, 4.69) is 13.2 Å². The van der Waals surface area contributed by atoms with Crippen LogP contribution in [0, 0.1) is 24.2 Å². The molecule has 0 aliphatic rings. The zero-order valence-corrected chi connectivity index (χ0v) is 18.0. The lowest BCUT2D eigenvalue weighted by Crippen LogP contribution is -2.29. The molecule has 0 heterocycles. The standard InChI is InChI=1S/C24H26ClNO3/c1-7-11-18(8-2)19(15-26)24(27)17(6)28-21(9-3)22(10-4)29-23-13-12-16(5)14-20(23)25/h7-14,17,19H,1-2H2,3-6H3/b18-11+,21-9+,22-10+. The Balaban J connectivity index is 3.04. The Labute approximate surface area is 178 Å². The van der Waals surface area contributed by atoms with Gasteiger partial charge in [-0.3, -0.25) is 4.79 Å². The lowest BCUT2D eigenvalue weighted by molar-refractivity contribution is -0.128. The summed E-state index contributed by atoms with van der Waals surface area (Å²) in [5.74, 6) is -0.125. The zero-order valence-electron chi connectivity index (χ0n) is 17.2. The van der Waals surface area contributed by atoms with Gasteiger partial charge in [0.25, 0.3) is 0 Å². The maximum atomic E-state index is 12.8. The van der Waals surface area contributed by atoms with Gasteiger partial charge in [-0.1, -0.05) is 49.1 Å². The van der Waals surface area contributed by atoms with E-state index in [1.807, 2.05) is 19.1 Å². The third-order valence-corrected chi connectivity index (χ3v) is 4.37. The molecule has 1 aromatic rings. The highest BCUT2D eigenvalue weighted by molar-refractivity contribution is 6.32. The second-order valence-electron chi connectivity index (χ2n) is 6.17. The largest absolute Gasteiger partial charge is 0.479 e. The number of ether oxygens (including phenoxy) is 2. The molecule has 152 valence electrons. The summed E-state index contributed by atoms with van der Waals surface area (Å²) in [6.07, 6.45) is 7.09. The van der Waals surface area contributed by atoms with E-state index in [1.54, 1.807) is 51.1 Å². The Morgan fingerprint density at radius 3 is 2.38 bits per heavy atom. The Morgan fingerprint density at radius 2 is 1.90 bits per heavy atom. The Kier molecular flexibility index (Phi) is 9.71. The molecule has 0 bridgehead atoms. The van der Waals surface area contributed by atoms with Crippen molar-refractivity contribution in [1.82, 2.24) is 0 Å². The molecule has 0 amide bonds. The highest BCUT2D eigenvalue weighted by Gasteiger charge is 2.28. The SMILES string of the molecule is C=C/C=C(\C=C)C(C#N)C(=O)C(C)OC(=C/C)/C(=C\C)Oc1ccc(C)cc1Cl. The summed E-state index contributed by atoms with van der Waals surface area (Å²) < 4.78 is 11.7. The maximum Gasteiger partial charge on any atom is 0.194 e. The quantitative estimate of drug-likeness (QED) is 0.337. The molecule has 1 rings (SSSR count). The van der Waals surface area contributed by atoms with Gasteiger partial charge in [0.1, 0.15) is 11.7 Å². The topological polar surface area (TPSA) is 59.3 Å². The Bertz CT molecular complexity index is 903. The molecule has 0 radical (unpaired) electrons. The van der Waals surface area contributed by atoms with Crippen LogP contribution >= 0.6 is 11.6 Å². The van der Waals surface area contributed by atoms with Crippen molar-refractivity contribution in [3.8, 4) is 11.8 Å². The molecule has 29 heavy (non-hydrogen) atoms. The van der Waals surface area contributed by atoms with Crippen LogP contribution in [0.15, 0.2) is 78.8 Å². The number of nitriles is 1. The van der Waals surface area contributed by atoms with Crippen molar-refractivity contribution in [3.63, 3.8) is 0 Å². The summed E-state index contributed by atoms with van der Waals surface area (Å²) in [7, 11) is 0. The van der Waals surface area contributed by atoms with E-state index in [0.717, 1.165) is 5.56 Å². The van der Waals surface area contributed by atoms with Gasteiger partial charge < -0.3 is 9.47 Å². The lowest BCUT2D eigenvalue weighted by Gasteiger charge is -2.21. The van der Waals surface area contributed by atoms with E-state index in [-0.39, 0.29) is 5.78 Å². The van der Waals surface area contributed by atoms with Crippen LogP contribution in [0.3, 0.4) is 0 Å². The summed E-state index contributed by atoms with van der Waals surface area (Å²) in [6.45, 7) is 14.3. The fourth-order valence-electron chi connectivity index (χ4n) is 2.53. The summed E-state index contributed by atoms with van der Waals surface area (Å²) in [4.78, 5) is 12.8. The van der Waals surface area contributed by atoms with Crippen molar-refractivity contribution < 1.29 is 14.3 Å². The third kappa shape index (κ3) is 6.51. The van der Waals surface area contributed by atoms with Gasteiger partial charge in [0, 0.05) is 0 Å². The van der Waals surface area contributed by atoms with E-state index in [4.69, 9.17) is 21.1 Å². The van der Waals surface area contributed by atoms with Gasteiger partial charge in [-0.2, -0.15) is 5.26 Å². The van der Waals surface area contributed by atoms with Crippen LogP contribution in [0.5, 0.6) is 5.75 Å². The Morgan fingerprint density at radius 1 is 1.24 bits per heavy atom. The molecule has 0 fully saturated rings. The number of hydrogen-bond donors (Lipinski definition) is 0. The van der Waals surface area contributed by atoms with Gasteiger partial charge >= 0.3 is 0 Å². The van der Waals surface area contributed by atoms with Crippen LogP contribution in [-0.4, -0.2) is 11.9 Å². The second kappa shape index (κ2) is 11.7. The first kappa shape index (κ1) is 24.0. The van der Waals surface area contributed by atoms with Gasteiger partial charge in [-0.15, -0.1) is 0 Å². The van der Waals surface area contributed by atoms with Crippen molar-refractivity contribution in [2.75, 3.05) is 0 Å². The molecule has 0 aliphatic heterocycles. The number of nitrogens with zero attached hydrogens (tertiary/aromatic N) is 1. The van der Waals surface area contributed by atoms with Crippen LogP contribution in [0.2, 0.25) is 5.02 Å². The molecule has 0 aliphatic carbocycles. The fraction of sp³-hybridized carbons (Fsp3) is 0.250. The van der Waals surface area contributed by atoms with Gasteiger partial charge in [-0.05, 0) is 63.1 Å². The number of allylic oxidation sites excluding steroid dienone is 6. The molecule has 0 N–H and O–H groups in total. The van der Waals surface area contributed by atoms with Crippen LogP contribution in [0.25, 0.3) is 0 Å². The molecule has 4 nitrogen and oxygen atoms in total. The molecular weight excluding hydrogens is 386 g/mol. The third-order valence-electron chi connectivity index (χ3n) is 4.07. The maximum absolute atomic E-state index is 12.8. The van der Waals surface area contributed by atoms with Gasteiger partial charge in [0.15, 0.2) is 23.4 Å². The van der Waals surface area contributed by atoms with E-state index in [1.165, 1.54) is 12.2 Å². The molecule has 0 saturated carbocycles. The molecule has 2 atom stereocenters. The molecular formula is C24H26ClNO3. The number of hydrogen-bond acceptors (Lipinski definition) is 4. The van der Waals surface area contributed by atoms with Crippen LogP contribution in [0.1, 0.15) is 26.3 Å². The van der Waals surface area contributed by atoms with Crippen LogP contribution < -0.4 is 4.74 Å². The summed E-state index contributed by atoms with van der Waals surface area (Å²) >= 11 is 6.25. The highest BCUT2D eigenvalue weighted by atomic mass is 35.5. The minimum absolute atomic E-state index is 0.370. The number of benzene rings is 1. The lowest BCUT2D eigenvalue weighted by atomic mass is 9.93. The van der Waals surface area contributed by atoms with Crippen molar-refractivity contribution in [2.24, 2.45) is 5.92 Å². The second-order valence-corrected chi connectivity index (χ2v) is 6.58. The summed E-state index contributed by atoms with van der Waals surface area (Å²) in [6, 6.07) is 7.46. The number of aryl methyl sites for hydroxylation is 1. The Hall–Kier alpha value is -3.03. The summed E-state index contributed by atoms with van der Waals surface area (Å²) in [5.41, 5.74) is 1.48. The summed E-state index contributed by atoms with van der Waals surface area (Å²) in [5, 5.41) is 9.92. The predicted molar refractivity (Wildman–Crippen MR) is 117 cm³/mol. The number of Topliss-reactive ketones (excluding diaryl/α,β-unsaturated/α-hetero) is 1. The van der Waals surface area contributed by atoms with Gasteiger partial charge in [0.2, 0.25) is 0 Å². The van der Waals surface area contributed by atoms with Gasteiger partial charge in [-0.25, -0.2) is 0 Å². The average Bonchev–Trinajstić information content (AvgIpc) is 2.71. The van der Waals surface area contributed by atoms with Crippen molar-refractivity contribution in [1.29, 1.82) is 5.26 Å². The van der Waals surface area contributed by atoms with Crippen molar-refractivity contribution in [3.05, 3.63) is 89.4 Å². The normalized spacial score (nSPS) is 14.4. The van der Waals surface area contributed by atoms with E-state index in [0.29, 0.717) is 27.9 Å². The minimum atomic E-state index is -1.000. The first-order valence-electron chi connectivity index (χ1n) is 9.14.